The van der Waals surface area contributed by atoms with Crippen molar-refractivity contribution in [3.63, 3.8) is 0 Å². The summed E-state index contributed by atoms with van der Waals surface area (Å²) in [7, 11) is 3.19. The Labute approximate surface area is 116 Å². The van der Waals surface area contributed by atoms with Crippen LogP contribution in [0.15, 0.2) is 42.5 Å². The fraction of sp³-hybridized carbons (Fsp3) is 0.188. The van der Waals surface area contributed by atoms with E-state index in [0.29, 0.717) is 17.1 Å². The second kappa shape index (κ2) is 4.89. The quantitative estimate of drug-likeness (QED) is 0.804. The molecule has 2 aromatic rings. The van der Waals surface area contributed by atoms with E-state index in [4.69, 9.17) is 14.2 Å². The van der Waals surface area contributed by atoms with Crippen molar-refractivity contribution < 1.29 is 19.0 Å². The molecule has 0 aromatic heterocycles. The van der Waals surface area contributed by atoms with Gasteiger partial charge in [-0.15, -0.1) is 0 Å². The van der Waals surface area contributed by atoms with E-state index < -0.39 is 6.10 Å². The molecule has 0 saturated heterocycles. The fourth-order valence-corrected chi connectivity index (χ4v) is 2.42. The monoisotopic (exact) mass is 270 g/mol. The molecule has 0 spiro atoms. The molecule has 0 N–H and O–H groups in total. The number of ether oxygens (including phenoxy) is 3. The molecule has 1 atom stereocenters. The van der Waals surface area contributed by atoms with E-state index in [2.05, 4.69) is 0 Å². The van der Waals surface area contributed by atoms with Crippen molar-refractivity contribution in [3.8, 4) is 11.5 Å². The van der Waals surface area contributed by atoms with Crippen LogP contribution in [0.25, 0.3) is 0 Å². The number of cyclic esters (lactones) is 1. The zero-order valence-corrected chi connectivity index (χ0v) is 11.3. The first-order valence-corrected chi connectivity index (χ1v) is 6.26. The molecule has 0 bridgehead atoms. The summed E-state index contributed by atoms with van der Waals surface area (Å²) in [5.41, 5.74) is 2.20. The Morgan fingerprint density at radius 1 is 1.00 bits per heavy atom. The van der Waals surface area contributed by atoms with Gasteiger partial charge in [-0.05, 0) is 24.3 Å². The first-order valence-electron chi connectivity index (χ1n) is 6.26. The molecule has 0 amide bonds. The van der Waals surface area contributed by atoms with Crippen LogP contribution in [-0.2, 0) is 4.74 Å². The summed E-state index contributed by atoms with van der Waals surface area (Å²) in [5.74, 6) is 1.07. The van der Waals surface area contributed by atoms with Gasteiger partial charge in [0.25, 0.3) is 0 Å². The maximum Gasteiger partial charge on any atom is 0.339 e. The van der Waals surface area contributed by atoms with Crippen molar-refractivity contribution in [3.05, 3.63) is 59.2 Å². The molecule has 0 radical (unpaired) electrons. The molecule has 3 rings (SSSR count). The average molecular weight is 270 g/mol. The summed E-state index contributed by atoms with van der Waals surface area (Å²) >= 11 is 0. The molecule has 1 unspecified atom stereocenters. The maximum absolute atomic E-state index is 11.9. The van der Waals surface area contributed by atoms with Gasteiger partial charge < -0.3 is 14.2 Å². The second-order valence-corrected chi connectivity index (χ2v) is 4.48. The molecule has 1 heterocycles. The van der Waals surface area contributed by atoms with Crippen LogP contribution >= 0.6 is 0 Å². The Morgan fingerprint density at radius 2 is 1.80 bits per heavy atom. The molecule has 20 heavy (non-hydrogen) atoms. The van der Waals surface area contributed by atoms with Crippen molar-refractivity contribution in [1.29, 1.82) is 0 Å². The van der Waals surface area contributed by atoms with Crippen molar-refractivity contribution >= 4 is 5.97 Å². The van der Waals surface area contributed by atoms with Crippen LogP contribution in [-0.4, -0.2) is 20.2 Å². The molecule has 4 nitrogen and oxygen atoms in total. The van der Waals surface area contributed by atoms with E-state index in [-0.39, 0.29) is 5.97 Å². The Morgan fingerprint density at radius 3 is 2.55 bits per heavy atom. The summed E-state index contributed by atoms with van der Waals surface area (Å²) in [4.78, 5) is 11.9. The molecule has 102 valence electrons. The van der Waals surface area contributed by atoms with Gasteiger partial charge in [0, 0.05) is 11.1 Å². The number of benzene rings is 2. The first-order chi connectivity index (χ1) is 9.74. The van der Waals surface area contributed by atoms with Crippen LogP contribution < -0.4 is 9.47 Å². The minimum atomic E-state index is -0.455. The number of carbonyl (C=O) groups excluding carboxylic acids is 1. The smallest absolute Gasteiger partial charge is 0.339 e. The van der Waals surface area contributed by atoms with Crippen molar-refractivity contribution in [2.45, 2.75) is 6.10 Å². The molecular formula is C16H14O4. The number of fused-ring (bicyclic) bond motifs is 1. The highest BCUT2D eigenvalue weighted by molar-refractivity contribution is 5.94. The third kappa shape index (κ3) is 1.90. The van der Waals surface area contributed by atoms with Crippen molar-refractivity contribution in [2.24, 2.45) is 0 Å². The van der Waals surface area contributed by atoms with Gasteiger partial charge in [0.05, 0.1) is 19.8 Å². The zero-order valence-electron chi connectivity index (χ0n) is 11.3. The predicted octanol–water partition coefficient (Wildman–Crippen LogP) is 2.96. The molecular weight excluding hydrogens is 256 g/mol. The number of rotatable bonds is 3. The summed E-state index contributed by atoms with van der Waals surface area (Å²) in [5, 5.41) is 0. The van der Waals surface area contributed by atoms with Gasteiger partial charge in [-0.1, -0.05) is 18.2 Å². The molecule has 0 fully saturated rings. The van der Waals surface area contributed by atoms with Crippen LogP contribution in [0.4, 0.5) is 0 Å². The lowest BCUT2D eigenvalue weighted by atomic mass is 9.98. The standard InChI is InChI=1S/C16H14O4/c1-18-10-7-8-11-13(9-10)15(20-16(11)17)12-5-3-4-6-14(12)19-2/h3-9,15H,1-2H3. The third-order valence-electron chi connectivity index (χ3n) is 3.41. The van der Waals surface area contributed by atoms with E-state index in [1.54, 1.807) is 26.4 Å². The van der Waals surface area contributed by atoms with Crippen LogP contribution in [0.3, 0.4) is 0 Å². The van der Waals surface area contributed by atoms with Gasteiger partial charge in [0.2, 0.25) is 0 Å². The SMILES string of the molecule is COc1ccc2c(c1)C(c1ccccc1OC)OC2=O. The first kappa shape index (κ1) is 12.5. The lowest BCUT2D eigenvalue weighted by molar-refractivity contribution is 0.0452. The Balaban J connectivity index is 2.12. The molecule has 0 aliphatic carbocycles. The van der Waals surface area contributed by atoms with E-state index in [9.17, 15) is 4.79 Å². The largest absolute Gasteiger partial charge is 0.497 e. The highest BCUT2D eigenvalue weighted by Crippen LogP contribution is 2.40. The number of carbonyl (C=O) groups is 1. The predicted molar refractivity (Wildman–Crippen MR) is 73.2 cm³/mol. The Kier molecular flexibility index (Phi) is 3.06. The highest BCUT2D eigenvalue weighted by atomic mass is 16.6. The van der Waals surface area contributed by atoms with Gasteiger partial charge in [0.1, 0.15) is 11.5 Å². The number of esters is 1. The van der Waals surface area contributed by atoms with Gasteiger partial charge in [0.15, 0.2) is 6.10 Å². The number of hydrogen-bond acceptors (Lipinski definition) is 4. The summed E-state index contributed by atoms with van der Waals surface area (Å²) in [6, 6.07) is 12.8. The highest BCUT2D eigenvalue weighted by Gasteiger charge is 2.34. The number of methoxy groups -OCH3 is 2. The van der Waals surface area contributed by atoms with Crippen molar-refractivity contribution in [1.82, 2.24) is 0 Å². The third-order valence-corrected chi connectivity index (χ3v) is 3.41. The molecule has 1 aliphatic heterocycles. The average Bonchev–Trinajstić information content (AvgIpc) is 2.83. The minimum absolute atomic E-state index is 0.321. The normalized spacial score (nSPS) is 16.5. The topological polar surface area (TPSA) is 44.8 Å². The Hall–Kier alpha value is -2.49. The fourth-order valence-electron chi connectivity index (χ4n) is 2.42. The number of para-hydroxylation sites is 1. The van der Waals surface area contributed by atoms with Crippen LogP contribution in [0, 0.1) is 0 Å². The van der Waals surface area contributed by atoms with Gasteiger partial charge in [-0.3, -0.25) is 0 Å². The van der Waals surface area contributed by atoms with E-state index >= 15 is 0 Å². The minimum Gasteiger partial charge on any atom is -0.497 e. The van der Waals surface area contributed by atoms with E-state index in [1.165, 1.54) is 0 Å². The van der Waals surface area contributed by atoms with E-state index in [0.717, 1.165) is 11.1 Å². The lowest BCUT2D eigenvalue weighted by Crippen LogP contribution is -2.03. The molecule has 1 aliphatic rings. The number of hydrogen-bond donors (Lipinski definition) is 0. The Bertz CT molecular complexity index is 663. The molecule has 2 aromatic carbocycles. The summed E-state index contributed by atoms with van der Waals surface area (Å²) in [6.45, 7) is 0. The lowest BCUT2D eigenvalue weighted by Gasteiger charge is -2.15. The summed E-state index contributed by atoms with van der Waals surface area (Å²) < 4.78 is 16.0. The van der Waals surface area contributed by atoms with Gasteiger partial charge in [-0.2, -0.15) is 0 Å². The zero-order chi connectivity index (χ0) is 14.1. The van der Waals surface area contributed by atoms with Crippen LogP contribution in [0.2, 0.25) is 0 Å². The molecule has 0 saturated carbocycles. The van der Waals surface area contributed by atoms with Crippen LogP contribution in [0.1, 0.15) is 27.6 Å². The van der Waals surface area contributed by atoms with Gasteiger partial charge in [-0.25, -0.2) is 4.79 Å². The maximum atomic E-state index is 11.9. The van der Waals surface area contributed by atoms with Gasteiger partial charge >= 0.3 is 5.97 Å². The molecule has 4 heteroatoms. The van der Waals surface area contributed by atoms with Crippen LogP contribution in [0.5, 0.6) is 11.5 Å². The van der Waals surface area contributed by atoms with E-state index in [1.807, 2.05) is 30.3 Å². The van der Waals surface area contributed by atoms with Crippen molar-refractivity contribution in [2.75, 3.05) is 14.2 Å². The summed E-state index contributed by atoms with van der Waals surface area (Å²) in [6.07, 6.45) is -0.455. The second-order valence-electron chi connectivity index (χ2n) is 4.48.